The third kappa shape index (κ3) is 3.35. The molecule has 4 nitrogen and oxygen atoms in total. The lowest BCUT2D eigenvalue weighted by Crippen LogP contribution is -2.48. The van der Waals surface area contributed by atoms with Crippen LogP contribution in [0, 0.1) is 0 Å². The van der Waals surface area contributed by atoms with E-state index in [4.69, 9.17) is 22.7 Å². The number of benzene rings is 1. The van der Waals surface area contributed by atoms with Crippen molar-refractivity contribution in [2.45, 2.75) is 31.8 Å². The van der Waals surface area contributed by atoms with Gasteiger partial charge < -0.3 is 15.4 Å². The molecule has 1 atom stereocenters. The summed E-state index contributed by atoms with van der Waals surface area (Å²) < 4.78 is 5.66. The van der Waals surface area contributed by atoms with E-state index in [9.17, 15) is 4.79 Å². The first-order valence-corrected chi connectivity index (χ1v) is 7.23. The predicted octanol–water partition coefficient (Wildman–Crippen LogP) is 2.26. The zero-order chi connectivity index (χ0) is 14.6. The average molecular weight is 292 g/mol. The molecule has 2 rings (SSSR count). The van der Waals surface area contributed by atoms with Crippen molar-refractivity contribution >= 4 is 28.8 Å². The first kappa shape index (κ1) is 14.9. The van der Waals surface area contributed by atoms with Gasteiger partial charge in [-0.15, -0.1) is 0 Å². The zero-order valence-electron chi connectivity index (χ0n) is 11.7. The molecule has 0 spiro atoms. The van der Waals surface area contributed by atoms with Crippen LogP contribution >= 0.6 is 12.2 Å². The van der Waals surface area contributed by atoms with Crippen LogP contribution in [0.25, 0.3) is 0 Å². The standard InChI is InChI=1S/C15H20N2O2S/c1-15(9-5-11-19-15)14(18)17(10-8-13(16)20)12-6-3-2-4-7-12/h2-4,6-7H,5,8-11H2,1H3,(H2,16,20). The second kappa shape index (κ2) is 6.33. The number of amides is 1. The summed E-state index contributed by atoms with van der Waals surface area (Å²) in [5.41, 5.74) is 5.69. The Balaban J connectivity index is 2.22. The summed E-state index contributed by atoms with van der Waals surface area (Å²) in [6.07, 6.45) is 2.18. The highest BCUT2D eigenvalue weighted by Crippen LogP contribution is 2.29. The monoisotopic (exact) mass is 292 g/mol. The molecule has 0 saturated carbocycles. The fraction of sp³-hybridized carbons (Fsp3) is 0.467. The number of carbonyl (C=O) groups excluding carboxylic acids is 1. The van der Waals surface area contributed by atoms with Crippen LogP contribution in [0.5, 0.6) is 0 Å². The maximum absolute atomic E-state index is 12.8. The quantitative estimate of drug-likeness (QED) is 0.846. The number of anilines is 1. The molecule has 0 radical (unpaired) electrons. The van der Waals surface area contributed by atoms with Crippen LogP contribution in [0.3, 0.4) is 0 Å². The SMILES string of the molecule is CC1(C(=O)N(CCC(N)=S)c2ccccc2)CCCO1. The van der Waals surface area contributed by atoms with E-state index in [0.29, 0.717) is 24.6 Å². The summed E-state index contributed by atoms with van der Waals surface area (Å²) in [6, 6.07) is 9.57. The number of thiocarbonyl (C=S) groups is 1. The second-order valence-corrected chi connectivity index (χ2v) is 5.72. The van der Waals surface area contributed by atoms with Gasteiger partial charge in [-0.1, -0.05) is 30.4 Å². The normalized spacial score (nSPS) is 21.6. The molecule has 0 aliphatic carbocycles. The lowest BCUT2D eigenvalue weighted by molar-refractivity contribution is -0.136. The summed E-state index contributed by atoms with van der Waals surface area (Å²) >= 11 is 4.92. The van der Waals surface area contributed by atoms with Crippen LogP contribution < -0.4 is 10.6 Å². The third-order valence-electron chi connectivity index (χ3n) is 3.57. The molecule has 1 aliphatic rings. The molecule has 20 heavy (non-hydrogen) atoms. The molecule has 1 aliphatic heterocycles. The van der Waals surface area contributed by atoms with Gasteiger partial charge in [-0.25, -0.2) is 0 Å². The Labute approximate surface area is 124 Å². The molecule has 1 amide bonds. The van der Waals surface area contributed by atoms with Crippen LogP contribution in [0.4, 0.5) is 5.69 Å². The zero-order valence-corrected chi connectivity index (χ0v) is 12.5. The van der Waals surface area contributed by atoms with Crippen molar-refractivity contribution in [3.8, 4) is 0 Å². The van der Waals surface area contributed by atoms with E-state index in [-0.39, 0.29) is 5.91 Å². The molecule has 1 heterocycles. The number of nitrogens with zero attached hydrogens (tertiary/aromatic N) is 1. The summed E-state index contributed by atoms with van der Waals surface area (Å²) in [5.74, 6) is -0.0162. The maximum Gasteiger partial charge on any atom is 0.258 e. The molecular formula is C15H20N2O2S. The Kier molecular flexibility index (Phi) is 4.73. The minimum absolute atomic E-state index is 0.0162. The van der Waals surface area contributed by atoms with Gasteiger partial charge in [0.05, 0.1) is 4.99 Å². The fourth-order valence-corrected chi connectivity index (χ4v) is 2.50. The summed E-state index contributed by atoms with van der Waals surface area (Å²) in [6.45, 7) is 2.98. The van der Waals surface area contributed by atoms with Crippen LogP contribution in [0.15, 0.2) is 30.3 Å². The maximum atomic E-state index is 12.8. The Morgan fingerprint density at radius 2 is 2.15 bits per heavy atom. The van der Waals surface area contributed by atoms with E-state index in [1.54, 1.807) is 4.90 Å². The lowest BCUT2D eigenvalue weighted by Gasteiger charge is -2.31. The highest BCUT2D eigenvalue weighted by molar-refractivity contribution is 7.80. The molecule has 0 aromatic heterocycles. The van der Waals surface area contributed by atoms with Crippen LogP contribution in [0.2, 0.25) is 0 Å². The van der Waals surface area contributed by atoms with Gasteiger partial charge in [-0.3, -0.25) is 4.79 Å². The van der Waals surface area contributed by atoms with Crippen molar-refractivity contribution in [3.05, 3.63) is 30.3 Å². The van der Waals surface area contributed by atoms with E-state index in [1.807, 2.05) is 37.3 Å². The smallest absolute Gasteiger partial charge is 0.258 e. The van der Waals surface area contributed by atoms with Crippen molar-refractivity contribution in [1.82, 2.24) is 0 Å². The third-order valence-corrected chi connectivity index (χ3v) is 3.77. The van der Waals surface area contributed by atoms with Crippen molar-refractivity contribution in [2.24, 2.45) is 5.73 Å². The van der Waals surface area contributed by atoms with Gasteiger partial charge in [0.15, 0.2) is 0 Å². The molecule has 1 fully saturated rings. The van der Waals surface area contributed by atoms with E-state index in [0.717, 1.165) is 18.5 Å². The van der Waals surface area contributed by atoms with E-state index in [2.05, 4.69) is 0 Å². The summed E-state index contributed by atoms with van der Waals surface area (Å²) in [7, 11) is 0. The first-order valence-electron chi connectivity index (χ1n) is 6.82. The molecule has 1 saturated heterocycles. The van der Waals surface area contributed by atoms with Crippen molar-refractivity contribution in [2.75, 3.05) is 18.1 Å². The van der Waals surface area contributed by atoms with Gasteiger partial charge in [0.25, 0.3) is 5.91 Å². The largest absolute Gasteiger partial charge is 0.393 e. The van der Waals surface area contributed by atoms with Gasteiger partial charge in [0.1, 0.15) is 5.60 Å². The molecular weight excluding hydrogens is 272 g/mol. The summed E-state index contributed by atoms with van der Waals surface area (Å²) in [5, 5.41) is 0. The van der Waals surface area contributed by atoms with Crippen LogP contribution in [-0.4, -0.2) is 29.6 Å². The van der Waals surface area contributed by atoms with E-state index >= 15 is 0 Å². The molecule has 2 N–H and O–H groups in total. The van der Waals surface area contributed by atoms with Crippen LogP contribution in [0.1, 0.15) is 26.2 Å². The van der Waals surface area contributed by atoms with Crippen molar-refractivity contribution < 1.29 is 9.53 Å². The fourth-order valence-electron chi connectivity index (χ4n) is 2.41. The summed E-state index contributed by atoms with van der Waals surface area (Å²) in [4.78, 5) is 14.9. The van der Waals surface area contributed by atoms with Crippen molar-refractivity contribution in [1.29, 1.82) is 0 Å². The highest BCUT2D eigenvalue weighted by atomic mass is 32.1. The number of carbonyl (C=O) groups is 1. The van der Waals surface area contributed by atoms with Gasteiger partial charge in [-0.05, 0) is 31.9 Å². The molecule has 5 heteroatoms. The van der Waals surface area contributed by atoms with Gasteiger partial charge in [0, 0.05) is 25.3 Å². The van der Waals surface area contributed by atoms with Gasteiger partial charge >= 0.3 is 0 Å². The molecule has 0 bridgehead atoms. The molecule has 1 aromatic carbocycles. The van der Waals surface area contributed by atoms with E-state index in [1.165, 1.54) is 0 Å². The Morgan fingerprint density at radius 3 is 2.70 bits per heavy atom. The van der Waals surface area contributed by atoms with Gasteiger partial charge in [0.2, 0.25) is 0 Å². The highest BCUT2D eigenvalue weighted by Gasteiger charge is 2.40. The molecule has 108 valence electrons. The number of hydrogen-bond acceptors (Lipinski definition) is 3. The average Bonchev–Trinajstić information content (AvgIpc) is 2.88. The minimum Gasteiger partial charge on any atom is -0.393 e. The number of ether oxygens (including phenoxy) is 1. The van der Waals surface area contributed by atoms with Crippen LogP contribution in [-0.2, 0) is 9.53 Å². The Morgan fingerprint density at radius 1 is 1.45 bits per heavy atom. The number of para-hydroxylation sites is 1. The lowest BCUT2D eigenvalue weighted by atomic mass is 10.0. The number of nitrogens with two attached hydrogens (primary N) is 1. The second-order valence-electron chi connectivity index (χ2n) is 5.19. The number of rotatable bonds is 5. The van der Waals surface area contributed by atoms with Crippen molar-refractivity contribution in [3.63, 3.8) is 0 Å². The van der Waals surface area contributed by atoms with Gasteiger partial charge in [-0.2, -0.15) is 0 Å². The molecule has 1 unspecified atom stereocenters. The Hall–Kier alpha value is -1.46. The Bertz CT molecular complexity index is 484. The number of hydrogen-bond donors (Lipinski definition) is 1. The first-order chi connectivity index (χ1) is 9.53. The topological polar surface area (TPSA) is 55.6 Å². The predicted molar refractivity (Wildman–Crippen MR) is 83.8 cm³/mol. The molecule has 1 aromatic rings. The minimum atomic E-state index is -0.730. The van der Waals surface area contributed by atoms with E-state index < -0.39 is 5.60 Å².